The van der Waals surface area contributed by atoms with Gasteiger partial charge in [-0.1, -0.05) is 24.3 Å². The van der Waals surface area contributed by atoms with Crippen molar-refractivity contribution in [1.29, 1.82) is 0 Å². The van der Waals surface area contributed by atoms with Gasteiger partial charge in [-0.05, 0) is 24.3 Å². The van der Waals surface area contributed by atoms with Gasteiger partial charge in [-0.2, -0.15) is 0 Å². The molecule has 0 aliphatic carbocycles. The first kappa shape index (κ1) is 13.5. The summed E-state index contributed by atoms with van der Waals surface area (Å²) in [6.45, 7) is 0. The van der Waals surface area contributed by atoms with Crippen molar-refractivity contribution in [2.75, 3.05) is 5.32 Å². The number of fused-ring (bicyclic) bond motifs is 1. The van der Waals surface area contributed by atoms with Crippen LogP contribution in [0.1, 0.15) is 17.3 Å². The van der Waals surface area contributed by atoms with Crippen LogP contribution >= 0.6 is 0 Å². The maximum absolute atomic E-state index is 4.52. The lowest BCUT2D eigenvalue weighted by Gasteiger charge is -2.18. The summed E-state index contributed by atoms with van der Waals surface area (Å²) in [6.07, 6.45) is 7.09. The van der Waals surface area contributed by atoms with E-state index in [9.17, 15) is 0 Å². The normalized spacial score (nSPS) is 12.2. The van der Waals surface area contributed by atoms with Crippen LogP contribution in [0, 0.1) is 0 Å². The van der Waals surface area contributed by atoms with Gasteiger partial charge in [0.15, 0.2) is 0 Å². The molecule has 0 radical (unpaired) electrons. The molecular weight excluding hydrogens is 286 g/mol. The van der Waals surface area contributed by atoms with Gasteiger partial charge in [0, 0.05) is 35.1 Å². The lowest BCUT2D eigenvalue weighted by atomic mass is 10.0. The predicted molar refractivity (Wildman–Crippen MR) is 90.0 cm³/mol. The van der Waals surface area contributed by atoms with Gasteiger partial charge in [-0.25, -0.2) is 9.97 Å². The monoisotopic (exact) mass is 301 g/mol. The van der Waals surface area contributed by atoms with Crippen LogP contribution in [0.3, 0.4) is 0 Å². The minimum atomic E-state index is -0.0951. The molecule has 3 heterocycles. The van der Waals surface area contributed by atoms with Crippen molar-refractivity contribution >= 4 is 16.7 Å². The number of hydrogen-bond acceptors (Lipinski definition) is 4. The molecule has 0 bridgehead atoms. The Bertz CT molecular complexity index is 902. The molecule has 5 heteroatoms. The topological polar surface area (TPSA) is 66.5 Å². The Morgan fingerprint density at radius 3 is 2.65 bits per heavy atom. The average molecular weight is 301 g/mol. The number of para-hydroxylation sites is 1. The zero-order valence-corrected chi connectivity index (χ0v) is 12.3. The lowest BCUT2D eigenvalue weighted by molar-refractivity contribution is 0.883. The second kappa shape index (κ2) is 5.88. The fourth-order valence-electron chi connectivity index (χ4n) is 2.71. The summed E-state index contributed by atoms with van der Waals surface area (Å²) in [7, 11) is 0. The first-order valence-corrected chi connectivity index (χ1v) is 7.41. The van der Waals surface area contributed by atoms with Gasteiger partial charge >= 0.3 is 0 Å². The van der Waals surface area contributed by atoms with Gasteiger partial charge < -0.3 is 10.3 Å². The van der Waals surface area contributed by atoms with E-state index in [2.05, 4.69) is 37.4 Å². The summed E-state index contributed by atoms with van der Waals surface area (Å²) in [5, 5.41) is 4.63. The Hall–Kier alpha value is -3.21. The van der Waals surface area contributed by atoms with Crippen LogP contribution in [0.5, 0.6) is 0 Å². The molecule has 23 heavy (non-hydrogen) atoms. The number of aromatic nitrogens is 4. The molecule has 0 amide bonds. The number of nitrogens with one attached hydrogen (secondary N) is 2. The highest BCUT2D eigenvalue weighted by atomic mass is 15.0. The Morgan fingerprint density at radius 1 is 0.913 bits per heavy atom. The molecule has 5 nitrogen and oxygen atoms in total. The van der Waals surface area contributed by atoms with E-state index < -0.39 is 0 Å². The molecule has 112 valence electrons. The van der Waals surface area contributed by atoms with Gasteiger partial charge in [-0.3, -0.25) is 4.98 Å². The van der Waals surface area contributed by atoms with Crippen LogP contribution in [-0.2, 0) is 0 Å². The predicted octanol–water partition coefficient (Wildman–Crippen LogP) is 3.55. The van der Waals surface area contributed by atoms with E-state index in [1.54, 1.807) is 12.4 Å². The van der Waals surface area contributed by atoms with Crippen molar-refractivity contribution < 1.29 is 0 Å². The number of benzene rings is 1. The number of aromatic amines is 1. The molecule has 1 aromatic carbocycles. The van der Waals surface area contributed by atoms with Crippen LogP contribution in [0.4, 0.5) is 5.82 Å². The number of pyridine rings is 1. The Kier molecular flexibility index (Phi) is 3.44. The summed E-state index contributed by atoms with van der Waals surface area (Å²) < 4.78 is 0. The zero-order valence-electron chi connectivity index (χ0n) is 12.3. The number of nitrogens with zero attached hydrogens (tertiary/aromatic N) is 3. The lowest BCUT2D eigenvalue weighted by Crippen LogP contribution is -2.14. The van der Waals surface area contributed by atoms with Gasteiger partial charge in [0.2, 0.25) is 0 Å². The smallest absolute Gasteiger partial charge is 0.130 e. The van der Waals surface area contributed by atoms with Crippen LogP contribution < -0.4 is 5.32 Å². The van der Waals surface area contributed by atoms with E-state index in [0.29, 0.717) is 0 Å². The van der Waals surface area contributed by atoms with Crippen LogP contribution in [0.25, 0.3) is 10.9 Å². The molecule has 3 aromatic heterocycles. The second-order valence-electron chi connectivity index (χ2n) is 5.22. The van der Waals surface area contributed by atoms with Gasteiger partial charge in [0.1, 0.15) is 12.1 Å². The van der Waals surface area contributed by atoms with Crippen LogP contribution in [-0.4, -0.2) is 19.9 Å². The van der Waals surface area contributed by atoms with E-state index in [4.69, 9.17) is 0 Å². The highest BCUT2D eigenvalue weighted by Gasteiger charge is 2.19. The largest absolute Gasteiger partial charge is 0.361 e. The molecule has 4 rings (SSSR count). The number of anilines is 1. The Balaban J connectivity index is 1.82. The molecule has 0 saturated carbocycles. The summed E-state index contributed by atoms with van der Waals surface area (Å²) in [6, 6.07) is 15.9. The maximum atomic E-state index is 4.52. The third-order valence-corrected chi connectivity index (χ3v) is 3.79. The minimum absolute atomic E-state index is 0.0951. The molecular formula is C18H15N5. The van der Waals surface area contributed by atoms with Crippen LogP contribution in [0.15, 0.2) is 73.4 Å². The van der Waals surface area contributed by atoms with Crippen molar-refractivity contribution in [2.24, 2.45) is 0 Å². The van der Waals surface area contributed by atoms with Gasteiger partial charge in [-0.15, -0.1) is 0 Å². The standard InChI is InChI=1S/C18H15N5/c1-2-6-15-13(5-1)14(11-21-15)18(16-7-3-4-9-20-16)23-17-8-10-19-12-22-17/h1-12,18,21H,(H,19,22,23). The summed E-state index contributed by atoms with van der Waals surface area (Å²) in [5.74, 6) is 0.765. The van der Waals surface area contributed by atoms with E-state index in [-0.39, 0.29) is 6.04 Å². The van der Waals surface area contributed by atoms with E-state index in [1.807, 2.05) is 42.6 Å². The Labute approximate surface area is 133 Å². The summed E-state index contributed by atoms with van der Waals surface area (Å²) >= 11 is 0. The highest BCUT2D eigenvalue weighted by Crippen LogP contribution is 2.30. The van der Waals surface area contributed by atoms with Crippen molar-refractivity contribution in [2.45, 2.75) is 6.04 Å². The number of hydrogen-bond donors (Lipinski definition) is 2. The van der Waals surface area contributed by atoms with E-state index in [0.717, 1.165) is 22.6 Å². The molecule has 1 unspecified atom stereocenters. The molecule has 0 aliphatic heterocycles. The maximum Gasteiger partial charge on any atom is 0.130 e. The van der Waals surface area contributed by atoms with Crippen molar-refractivity contribution in [3.63, 3.8) is 0 Å². The third kappa shape index (κ3) is 2.64. The van der Waals surface area contributed by atoms with Crippen molar-refractivity contribution in [3.05, 3.63) is 84.7 Å². The second-order valence-corrected chi connectivity index (χ2v) is 5.22. The summed E-state index contributed by atoms with van der Waals surface area (Å²) in [4.78, 5) is 16.1. The fraction of sp³-hybridized carbons (Fsp3) is 0.0556. The minimum Gasteiger partial charge on any atom is -0.361 e. The summed E-state index contributed by atoms with van der Waals surface area (Å²) in [5.41, 5.74) is 3.18. The van der Waals surface area contributed by atoms with Crippen LogP contribution in [0.2, 0.25) is 0 Å². The third-order valence-electron chi connectivity index (χ3n) is 3.79. The molecule has 2 N–H and O–H groups in total. The average Bonchev–Trinajstić information content (AvgIpc) is 3.05. The molecule has 0 fully saturated rings. The molecule has 0 aliphatic rings. The van der Waals surface area contributed by atoms with E-state index >= 15 is 0 Å². The molecule has 0 saturated heterocycles. The molecule has 4 aromatic rings. The van der Waals surface area contributed by atoms with Gasteiger partial charge in [0.25, 0.3) is 0 Å². The van der Waals surface area contributed by atoms with Gasteiger partial charge in [0.05, 0.1) is 11.7 Å². The van der Waals surface area contributed by atoms with E-state index in [1.165, 1.54) is 11.7 Å². The Morgan fingerprint density at radius 2 is 1.83 bits per heavy atom. The molecule has 1 atom stereocenters. The van der Waals surface area contributed by atoms with Crippen molar-refractivity contribution in [1.82, 2.24) is 19.9 Å². The number of H-pyrrole nitrogens is 1. The molecule has 0 spiro atoms. The fourth-order valence-corrected chi connectivity index (χ4v) is 2.71. The quantitative estimate of drug-likeness (QED) is 0.605. The highest BCUT2D eigenvalue weighted by molar-refractivity contribution is 5.84. The first-order valence-electron chi connectivity index (χ1n) is 7.41. The number of rotatable bonds is 4. The first-order chi connectivity index (χ1) is 11.4. The zero-order chi connectivity index (χ0) is 15.5. The SMILES string of the molecule is c1ccc(C(Nc2ccncn2)c2c[nH]c3ccccc23)nc1. The van der Waals surface area contributed by atoms with Crippen molar-refractivity contribution in [3.8, 4) is 0 Å².